The van der Waals surface area contributed by atoms with Crippen LogP contribution in [0.2, 0.25) is 63.5 Å². The molecule has 864 valence electrons. The molecule has 33 nitrogen and oxygen atoms in total. The summed E-state index contributed by atoms with van der Waals surface area (Å²) in [5.41, 5.74) is 0. The van der Waals surface area contributed by atoms with Crippen LogP contribution in [-0.4, -0.2) is 389 Å². The summed E-state index contributed by atoms with van der Waals surface area (Å²) in [6, 6.07) is 2.99. The van der Waals surface area contributed by atoms with E-state index >= 15 is 0 Å². The second kappa shape index (κ2) is 105. The molecule has 0 saturated heterocycles. The van der Waals surface area contributed by atoms with Crippen LogP contribution in [0.1, 0.15) is 281 Å². The number of esters is 4. The van der Waals surface area contributed by atoms with Gasteiger partial charge in [0.1, 0.15) is 38.6 Å². The SMILES string of the molecule is C.C.CC(=O)OCC(O)COCCC[Si](C)(C)O[Si](C)(C)CCCOCC(O)COC(C)=O.CCC(=O)OCCOC(=O)CC.CCCCCCCC.CCCCOCC(C)OCC(C)O[Si](CCCNC)(OC(C)COC(C)COCCCC)O[Si](C)(C)O[Si](CCCNC)(OC(C)COC(C)COCCCC)OC(C)COC(C)COCCCC.CNCCC[N+](C)(C)C.CNCCC[N+](C)(C)C.[Cl-].[Cl-]. The number of carbonyl (C=O) groups excluding carboxylic acids is 4. The molecule has 0 radical (unpaired) electrons. The van der Waals surface area contributed by atoms with Crippen molar-refractivity contribution in [2.45, 2.75) is 405 Å². The van der Waals surface area contributed by atoms with Crippen molar-refractivity contribution in [3.05, 3.63) is 0 Å². The number of ether oxygens (including phenoxy) is 14. The molecule has 0 heterocycles. The Hall–Kier alpha value is -1.46. The lowest BCUT2D eigenvalue weighted by molar-refractivity contribution is -0.870. The highest BCUT2D eigenvalue weighted by Gasteiger charge is 2.55. The highest BCUT2D eigenvalue weighted by atomic mass is 35.5. The van der Waals surface area contributed by atoms with Gasteiger partial charge in [-0.2, -0.15) is 0 Å². The van der Waals surface area contributed by atoms with Gasteiger partial charge < -0.3 is 162 Å². The second-order valence-electron chi connectivity index (χ2n) is 39.8. The number of carbonyl (C=O) groups is 4. The molecule has 0 aromatic heterocycles. The molecule has 0 amide bonds. The smallest absolute Gasteiger partial charge is 0.492 e. The van der Waals surface area contributed by atoms with E-state index in [1.807, 2.05) is 96.7 Å². The lowest BCUT2D eigenvalue weighted by atomic mass is 10.1. The van der Waals surface area contributed by atoms with Crippen LogP contribution in [-0.2, 0) is 116 Å². The number of aliphatic hydroxyl groups is 2. The average molecular weight is 2180 g/mol. The van der Waals surface area contributed by atoms with Gasteiger partial charge in [-0.25, -0.2) is 0 Å². The lowest BCUT2D eigenvalue weighted by Crippen LogP contribution is -3.00. The number of quaternary nitrogens is 2. The van der Waals surface area contributed by atoms with Gasteiger partial charge in [-0.15, -0.1) is 0 Å². The molecule has 0 aliphatic heterocycles. The van der Waals surface area contributed by atoms with E-state index in [9.17, 15) is 29.4 Å². The van der Waals surface area contributed by atoms with Gasteiger partial charge in [0.2, 0.25) is 0 Å². The van der Waals surface area contributed by atoms with Crippen molar-refractivity contribution in [2.75, 3.05) is 242 Å². The third-order valence-electron chi connectivity index (χ3n) is 20.0. The summed E-state index contributed by atoms with van der Waals surface area (Å²) in [5, 5.41) is 32.2. The Morgan fingerprint density at radius 1 is 0.296 bits per heavy atom. The Morgan fingerprint density at radius 3 is 0.775 bits per heavy atom. The maximum atomic E-state index is 10.7. The molecule has 0 rings (SSSR count). The molecule has 10 atom stereocenters. The van der Waals surface area contributed by atoms with Gasteiger partial charge in [-0.05, 0) is 199 Å². The third kappa shape index (κ3) is 119. The molecule has 0 fully saturated rings. The van der Waals surface area contributed by atoms with E-state index in [1.165, 1.54) is 78.3 Å². The minimum atomic E-state index is -3.63. The fourth-order valence-corrected chi connectivity index (χ4v) is 34.2. The molecular weight excluding hydrogens is 1950 g/mol. The fraction of sp³-hybridized carbons (Fsp3) is 0.961. The van der Waals surface area contributed by atoms with E-state index in [0.717, 1.165) is 124 Å². The van der Waals surface area contributed by atoms with Crippen LogP contribution in [0.4, 0.5) is 0 Å². The molecule has 0 aliphatic rings. The minimum Gasteiger partial charge on any atom is -1.00 e. The van der Waals surface area contributed by atoms with Crippen LogP contribution in [0.15, 0.2) is 0 Å². The van der Waals surface area contributed by atoms with Gasteiger partial charge in [-0.3, -0.25) is 19.2 Å². The zero-order chi connectivity index (χ0) is 106. The van der Waals surface area contributed by atoms with Crippen molar-refractivity contribution in [1.29, 1.82) is 0 Å². The van der Waals surface area contributed by atoms with Crippen molar-refractivity contribution in [3.63, 3.8) is 0 Å². The minimum absolute atomic E-state index is 0. The van der Waals surface area contributed by atoms with Crippen LogP contribution < -0.4 is 46.1 Å². The highest BCUT2D eigenvalue weighted by molar-refractivity contribution is 6.85. The van der Waals surface area contributed by atoms with E-state index in [0.29, 0.717) is 117 Å². The van der Waals surface area contributed by atoms with Crippen molar-refractivity contribution < 1.29 is 160 Å². The van der Waals surface area contributed by atoms with E-state index in [1.54, 1.807) is 13.8 Å². The first-order chi connectivity index (χ1) is 65.0. The monoisotopic (exact) mass is 2180 g/mol. The third-order valence-corrected chi connectivity index (χ3v) is 38.9. The number of hydrogen-bond donors (Lipinski definition) is 6. The molecule has 0 aliphatic carbocycles. The zero-order valence-electron chi connectivity index (χ0n) is 95.8. The maximum absolute atomic E-state index is 10.7. The molecule has 40 heteroatoms. The number of hydrogen-bond acceptors (Lipinski definition) is 31. The predicted octanol–water partition coefficient (Wildman–Crippen LogP) is 11.5. The van der Waals surface area contributed by atoms with E-state index in [4.69, 9.17) is 86.9 Å². The molecule has 0 spiro atoms. The summed E-state index contributed by atoms with van der Waals surface area (Å²) in [5.74, 6) is -1.39. The summed E-state index contributed by atoms with van der Waals surface area (Å²) >= 11 is 0. The first-order valence-electron chi connectivity index (χ1n) is 52.9. The van der Waals surface area contributed by atoms with Crippen molar-refractivity contribution in [2.24, 2.45) is 0 Å². The molecule has 0 bridgehead atoms. The Labute approximate surface area is 889 Å². The maximum Gasteiger partial charge on any atom is 0.492 e. The van der Waals surface area contributed by atoms with Crippen molar-refractivity contribution >= 4 is 66.7 Å². The largest absolute Gasteiger partial charge is 1.00 e. The first kappa shape index (κ1) is 161. The highest BCUT2D eigenvalue weighted by Crippen LogP contribution is 2.33. The van der Waals surface area contributed by atoms with Crippen molar-refractivity contribution in [3.8, 4) is 0 Å². The van der Waals surface area contributed by atoms with Gasteiger partial charge in [-0.1, -0.05) is 134 Å². The standard InChI is InChI=1S/C50H110N2O14Si3.C20H42O9Si2.C8H14O4.C8H18.2C7H19N2.2CH4.2ClH/c1-17-21-29-53-35-43(5)57-39-47(9)61-68(33-25-27-51-13,62-48(10)40-58-44(6)36-54-30-22-18-2)65-67(15,16)66-69(34-26-28-52-14,63-49(11)41-59-45(7)37-55-31-23-19-3)64-50(12)42-60-46(8)38-56-32-24-20-4;1-17(21)27-15-19(23)13-25-9-7-11-30(3,4)29-31(5,6)12-8-10-26-14-20(24)16-28-18(2)22;1-3-7(9)11-5-6-12-8(10)4-2;1-3-5-7-8-6-4-2;2*1-8-6-5-7-9(2,3)4;;;;/h43-52H,17-42H2,1-16H3;19-20,23-24H,7-16H2,1-6H3;3-6H2,1-2H3;3-8H2,1-2H3;2*8H,5-7H2,1-4H3;2*1H4;2*1H/q;;;;2*+1;;;;/p-2. The summed E-state index contributed by atoms with van der Waals surface area (Å²) in [7, 11) is 6.96. The van der Waals surface area contributed by atoms with Crippen LogP contribution in [0.25, 0.3) is 0 Å². The number of nitrogens with one attached hydrogen (secondary N) is 4. The Balaban J connectivity index is -0.000000241. The Bertz CT molecular complexity index is 2470. The molecule has 0 aromatic carbocycles. The van der Waals surface area contributed by atoms with E-state index in [2.05, 4.69) is 141 Å². The molecule has 10 unspecified atom stereocenters. The molecular formula is C102H230Cl2N6O27Si5. The van der Waals surface area contributed by atoms with Crippen LogP contribution in [0.3, 0.4) is 0 Å². The molecule has 0 saturated carbocycles. The molecule has 0 aromatic rings. The summed E-state index contributed by atoms with van der Waals surface area (Å²) < 4.78 is 131. The summed E-state index contributed by atoms with van der Waals surface area (Å²) in [6.07, 6.45) is 19.8. The molecule has 6 N–H and O–H groups in total. The molecule has 142 heavy (non-hydrogen) atoms. The second-order valence-corrected chi connectivity index (χ2v) is 57.7. The van der Waals surface area contributed by atoms with E-state index in [-0.39, 0.29) is 140 Å². The van der Waals surface area contributed by atoms with Crippen LogP contribution in [0, 0.1) is 0 Å². The predicted molar refractivity (Wildman–Crippen MR) is 584 cm³/mol. The number of nitrogens with zero attached hydrogens (tertiary/aromatic N) is 2. The fourth-order valence-electron chi connectivity index (χ4n) is 12.8. The topological polar surface area (TPSA) is 351 Å². The normalized spacial score (nSPS) is 14.6. The van der Waals surface area contributed by atoms with Gasteiger partial charge in [0.05, 0.1) is 170 Å². The summed E-state index contributed by atoms with van der Waals surface area (Å²) in [6.45, 7) is 62.3. The van der Waals surface area contributed by atoms with Gasteiger partial charge in [0.15, 0.2) is 16.6 Å². The van der Waals surface area contributed by atoms with Crippen LogP contribution >= 0.6 is 0 Å². The zero-order valence-corrected chi connectivity index (χ0v) is 102. The Morgan fingerprint density at radius 2 is 0.542 bits per heavy atom. The number of rotatable bonds is 88. The van der Waals surface area contributed by atoms with Gasteiger partial charge >= 0.3 is 50.0 Å². The summed E-state index contributed by atoms with van der Waals surface area (Å²) in [4.78, 5) is 42.5. The quantitative estimate of drug-likeness (QED) is 0.0108. The Kier molecular flexibility index (Phi) is 119. The lowest BCUT2D eigenvalue weighted by Gasteiger charge is -2.43. The van der Waals surface area contributed by atoms with Gasteiger partial charge in [0, 0.05) is 104 Å². The van der Waals surface area contributed by atoms with Crippen LogP contribution in [0.5, 0.6) is 0 Å². The number of unbranched alkanes of at least 4 members (excludes halogenated alkanes) is 9. The van der Waals surface area contributed by atoms with E-state index < -0.39 is 67.0 Å². The van der Waals surface area contributed by atoms with Crippen molar-refractivity contribution in [1.82, 2.24) is 21.3 Å². The first-order valence-corrected chi connectivity index (χ1v) is 65.8. The number of halogens is 2. The van der Waals surface area contributed by atoms with Gasteiger partial charge in [0.25, 0.3) is 0 Å². The average Bonchev–Trinajstić information content (AvgIpc) is 0.789. The number of aliphatic hydroxyl groups excluding tert-OH is 2.